The van der Waals surface area contributed by atoms with Gasteiger partial charge in [-0.1, -0.05) is 50.2 Å². The van der Waals surface area contributed by atoms with Crippen LogP contribution in [0.5, 0.6) is 5.75 Å². The molecule has 25 heavy (non-hydrogen) atoms. The molecule has 0 unspecified atom stereocenters. The highest BCUT2D eigenvalue weighted by Gasteiger charge is 2.37. The second-order valence-corrected chi connectivity index (χ2v) is 8.12. The first-order chi connectivity index (χ1) is 12.1. The van der Waals surface area contributed by atoms with Gasteiger partial charge in [0.1, 0.15) is 5.75 Å². The van der Waals surface area contributed by atoms with Gasteiger partial charge in [-0.3, -0.25) is 0 Å². The van der Waals surface area contributed by atoms with Crippen LogP contribution in [0, 0.1) is 0 Å². The molecule has 1 N–H and O–H groups in total. The number of hydrogen-bond donors (Lipinski definition) is 1. The van der Waals surface area contributed by atoms with Gasteiger partial charge >= 0.3 is 7.69 Å². The van der Waals surface area contributed by atoms with Crippen molar-refractivity contribution in [1.29, 1.82) is 0 Å². The Labute approximate surface area is 151 Å². The Bertz CT molecular complexity index is 1140. The number of hydrogen-bond acceptors (Lipinski definition) is 3. The van der Waals surface area contributed by atoms with Crippen LogP contribution in [0.1, 0.15) is 25.0 Å². The van der Waals surface area contributed by atoms with Gasteiger partial charge in [0, 0.05) is 31.2 Å². The standard InChI is InChI=1S/C21H17BO2S/c1-21(2)16-9-7-12(24-22-23)11-15(16)19-17(21)10-8-14-13-5-3-4-6-18(13)25-20(14)19/h3-11,22-23H,1-2H3. The van der Waals surface area contributed by atoms with Crippen LogP contribution in [0.15, 0.2) is 54.6 Å². The zero-order valence-corrected chi connectivity index (χ0v) is 15.0. The summed E-state index contributed by atoms with van der Waals surface area (Å²) in [5.41, 5.74) is 5.19. The van der Waals surface area contributed by atoms with Gasteiger partial charge in [0.2, 0.25) is 0 Å². The fourth-order valence-corrected chi connectivity index (χ4v) is 5.43. The fraction of sp³-hybridized carbons (Fsp3) is 0.143. The monoisotopic (exact) mass is 344 g/mol. The van der Waals surface area contributed by atoms with E-state index in [1.165, 1.54) is 42.4 Å². The average molecular weight is 344 g/mol. The van der Waals surface area contributed by atoms with Gasteiger partial charge in [-0.05, 0) is 34.9 Å². The largest absolute Gasteiger partial charge is 0.539 e. The van der Waals surface area contributed by atoms with Crippen LogP contribution in [0.25, 0.3) is 31.3 Å². The van der Waals surface area contributed by atoms with E-state index in [4.69, 9.17) is 9.68 Å². The molecular weight excluding hydrogens is 327 g/mol. The Balaban J connectivity index is 1.90. The summed E-state index contributed by atoms with van der Waals surface area (Å²) in [6.07, 6.45) is 0. The molecule has 122 valence electrons. The molecule has 0 bridgehead atoms. The van der Waals surface area contributed by atoms with Crippen LogP contribution >= 0.6 is 11.3 Å². The van der Waals surface area contributed by atoms with E-state index in [-0.39, 0.29) is 13.1 Å². The summed E-state index contributed by atoms with van der Waals surface area (Å²) in [7, 11) is -0.303. The van der Waals surface area contributed by atoms with Crippen LogP contribution in [-0.4, -0.2) is 12.7 Å². The summed E-state index contributed by atoms with van der Waals surface area (Å²) in [4.78, 5) is 0. The predicted octanol–water partition coefficient (Wildman–Crippen LogP) is 5.00. The van der Waals surface area contributed by atoms with Crippen molar-refractivity contribution in [1.82, 2.24) is 0 Å². The van der Waals surface area contributed by atoms with Crippen molar-refractivity contribution in [2.75, 3.05) is 0 Å². The quantitative estimate of drug-likeness (QED) is 0.519. The highest BCUT2D eigenvalue weighted by atomic mass is 32.1. The second kappa shape index (κ2) is 5.10. The molecule has 3 aromatic carbocycles. The molecule has 0 spiro atoms. The summed E-state index contributed by atoms with van der Waals surface area (Å²) in [5.74, 6) is 0.711. The Morgan fingerprint density at radius 3 is 2.60 bits per heavy atom. The van der Waals surface area contributed by atoms with E-state index in [1.54, 1.807) is 0 Å². The normalized spacial score (nSPS) is 14.5. The topological polar surface area (TPSA) is 29.5 Å². The van der Waals surface area contributed by atoms with Crippen molar-refractivity contribution in [3.63, 3.8) is 0 Å². The first kappa shape index (κ1) is 15.0. The van der Waals surface area contributed by atoms with Crippen LogP contribution in [0.2, 0.25) is 0 Å². The first-order valence-electron chi connectivity index (χ1n) is 8.44. The SMILES string of the molecule is CC1(C)c2ccc(OBO)cc2-c2c1ccc1c2sc2ccccc21. The number of benzene rings is 3. The summed E-state index contributed by atoms with van der Waals surface area (Å²) >= 11 is 1.86. The molecule has 5 rings (SSSR count). The molecule has 1 heterocycles. The molecule has 0 amide bonds. The number of rotatable bonds is 2. The third-order valence-electron chi connectivity index (χ3n) is 5.39. The van der Waals surface area contributed by atoms with Crippen molar-refractivity contribution in [2.45, 2.75) is 19.3 Å². The van der Waals surface area contributed by atoms with Gasteiger partial charge in [-0.25, -0.2) is 0 Å². The van der Waals surface area contributed by atoms with E-state index in [0.717, 1.165) is 0 Å². The van der Waals surface area contributed by atoms with E-state index in [9.17, 15) is 0 Å². The van der Waals surface area contributed by atoms with Crippen LogP contribution in [0.3, 0.4) is 0 Å². The molecule has 0 saturated carbocycles. The Kier molecular flexibility index (Phi) is 3.06. The third-order valence-corrected chi connectivity index (χ3v) is 6.59. The molecular formula is C21H17BO2S. The lowest BCUT2D eigenvalue weighted by molar-refractivity contribution is 0.454. The second-order valence-electron chi connectivity index (χ2n) is 7.07. The van der Waals surface area contributed by atoms with Crippen LogP contribution in [-0.2, 0) is 5.41 Å². The van der Waals surface area contributed by atoms with Gasteiger partial charge in [0.05, 0.1) is 0 Å². The van der Waals surface area contributed by atoms with E-state index in [2.05, 4.69) is 62.4 Å². The molecule has 0 aliphatic heterocycles. The lowest BCUT2D eigenvalue weighted by atomic mass is 9.82. The fourth-order valence-electron chi connectivity index (χ4n) is 4.16. The molecule has 0 atom stereocenters. The minimum Gasteiger partial charge on any atom is -0.539 e. The zero-order valence-electron chi connectivity index (χ0n) is 14.2. The number of fused-ring (bicyclic) bond motifs is 7. The minimum atomic E-state index is -0.303. The molecule has 0 fully saturated rings. The highest BCUT2D eigenvalue weighted by molar-refractivity contribution is 7.26. The van der Waals surface area contributed by atoms with E-state index in [0.29, 0.717) is 5.75 Å². The van der Waals surface area contributed by atoms with Crippen molar-refractivity contribution < 1.29 is 9.68 Å². The summed E-state index contributed by atoms with van der Waals surface area (Å²) in [5, 5.41) is 11.7. The van der Waals surface area contributed by atoms with Crippen molar-refractivity contribution in [3.05, 3.63) is 65.7 Å². The van der Waals surface area contributed by atoms with E-state index < -0.39 is 0 Å². The van der Waals surface area contributed by atoms with Gasteiger partial charge in [0.25, 0.3) is 0 Å². The van der Waals surface area contributed by atoms with E-state index in [1.807, 2.05) is 17.4 Å². The third kappa shape index (κ3) is 1.95. The Hall–Kier alpha value is -2.30. The summed E-state index contributed by atoms with van der Waals surface area (Å²) in [6.45, 7) is 4.56. The molecule has 1 aliphatic carbocycles. The van der Waals surface area contributed by atoms with Gasteiger partial charge in [-0.2, -0.15) is 0 Å². The number of thiophene rings is 1. The first-order valence-corrected chi connectivity index (χ1v) is 9.26. The lowest BCUT2D eigenvalue weighted by Gasteiger charge is -2.21. The van der Waals surface area contributed by atoms with Crippen molar-refractivity contribution >= 4 is 39.2 Å². The molecule has 0 radical (unpaired) electrons. The van der Waals surface area contributed by atoms with Crippen LogP contribution < -0.4 is 4.65 Å². The summed E-state index contributed by atoms with van der Waals surface area (Å²) < 4.78 is 8.00. The van der Waals surface area contributed by atoms with Crippen LogP contribution in [0.4, 0.5) is 0 Å². The molecule has 0 saturated heterocycles. The zero-order chi connectivity index (χ0) is 17.2. The molecule has 4 aromatic rings. The molecule has 1 aromatic heterocycles. The highest BCUT2D eigenvalue weighted by Crippen LogP contribution is 2.54. The predicted molar refractivity (Wildman–Crippen MR) is 107 cm³/mol. The summed E-state index contributed by atoms with van der Waals surface area (Å²) in [6, 6.07) is 19.3. The maximum atomic E-state index is 9.11. The van der Waals surface area contributed by atoms with Crippen molar-refractivity contribution in [3.8, 4) is 16.9 Å². The van der Waals surface area contributed by atoms with Gasteiger partial charge < -0.3 is 9.68 Å². The van der Waals surface area contributed by atoms with Crippen molar-refractivity contribution in [2.24, 2.45) is 0 Å². The van der Waals surface area contributed by atoms with Gasteiger partial charge in [0.15, 0.2) is 0 Å². The van der Waals surface area contributed by atoms with E-state index >= 15 is 0 Å². The maximum Gasteiger partial charge on any atom is 0.504 e. The maximum absolute atomic E-state index is 9.11. The average Bonchev–Trinajstić information content (AvgIpc) is 3.09. The molecule has 4 heteroatoms. The Morgan fingerprint density at radius 2 is 1.76 bits per heavy atom. The Morgan fingerprint density at radius 1 is 0.960 bits per heavy atom. The molecule has 2 nitrogen and oxygen atoms in total. The van der Waals surface area contributed by atoms with Gasteiger partial charge in [-0.15, -0.1) is 11.3 Å². The minimum absolute atomic E-state index is 0.0349. The smallest absolute Gasteiger partial charge is 0.504 e. The molecule has 1 aliphatic rings. The lowest BCUT2D eigenvalue weighted by Crippen LogP contribution is -2.14.